The Kier molecular flexibility index (Phi) is 5.57. The zero-order chi connectivity index (χ0) is 22.8. The van der Waals surface area contributed by atoms with Gasteiger partial charge in [0.05, 0.1) is 10.5 Å². The number of nitrogens with one attached hydrogen (secondary N) is 1. The fraction of sp³-hybridized carbons (Fsp3) is 0.0870. The van der Waals surface area contributed by atoms with Crippen LogP contribution in [0, 0.1) is 15.9 Å². The first-order chi connectivity index (χ1) is 16.1. The fourth-order valence-corrected chi connectivity index (χ4v) is 4.25. The lowest BCUT2D eigenvalue weighted by Crippen LogP contribution is -2.18. The molecule has 0 aliphatic carbocycles. The number of benzene rings is 3. The van der Waals surface area contributed by atoms with E-state index in [0.717, 1.165) is 0 Å². The second kappa shape index (κ2) is 8.83. The molecule has 8 nitrogen and oxygen atoms in total. The predicted octanol–water partition coefficient (Wildman–Crippen LogP) is 5.38. The van der Waals surface area contributed by atoms with Crippen molar-refractivity contribution in [1.82, 2.24) is 15.2 Å². The number of rotatable bonds is 5. The molecule has 10 heteroatoms. The Bertz CT molecular complexity index is 1350. The monoisotopic (exact) mass is 461 g/mol. The van der Waals surface area contributed by atoms with E-state index in [9.17, 15) is 14.5 Å². The average molecular weight is 461 g/mol. The van der Waals surface area contributed by atoms with Crippen molar-refractivity contribution in [2.24, 2.45) is 0 Å². The minimum atomic E-state index is -0.880. The van der Waals surface area contributed by atoms with E-state index in [1.165, 1.54) is 23.9 Å². The predicted molar refractivity (Wildman–Crippen MR) is 121 cm³/mol. The summed E-state index contributed by atoms with van der Waals surface area (Å²) in [6.07, 6.45) is -0.880. The molecule has 0 amide bonds. The summed E-state index contributed by atoms with van der Waals surface area (Å²) in [7, 11) is 0. The smallest absolute Gasteiger partial charge is 0.278 e. The molecular weight excluding hydrogens is 445 g/mol. The summed E-state index contributed by atoms with van der Waals surface area (Å²) in [5.41, 5.74) is 2.60. The maximum Gasteiger partial charge on any atom is 0.278 e. The summed E-state index contributed by atoms with van der Waals surface area (Å²) in [5.74, 6) is 0.190. The van der Waals surface area contributed by atoms with Gasteiger partial charge >= 0.3 is 0 Å². The van der Waals surface area contributed by atoms with Crippen LogP contribution in [0.4, 0.5) is 15.8 Å². The van der Waals surface area contributed by atoms with Crippen molar-refractivity contribution in [3.63, 3.8) is 0 Å². The van der Waals surface area contributed by atoms with Crippen LogP contribution in [0.3, 0.4) is 0 Å². The number of aromatic nitrogens is 3. The number of thioether (sulfide) groups is 1. The largest absolute Gasteiger partial charge is 0.447 e. The van der Waals surface area contributed by atoms with Gasteiger partial charge in [0.25, 0.3) is 5.69 Å². The summed E-state index contributed by atoms with van der Waals surface area (Å²) < 4.78 is 20.1. The second-order valence-corrected chi connectivity index (χ2v) is 8.07. The lowest BCUT2D eigenvalue weighted by atomic mass is 10.1. The van der Waals surface area contributed by atoms with E-state index in [1.807, 2.05) is 24.3 Å². The zero-order valence-electron chi connectivity index (χ0n) is 17.0. The molecule has 1 aliphatic heterocycles. The number of halogens is 1. The van der Waals surface area contributed by atoms with Crippen molar-refractivity contribution in [3.8, 4) is 17.1 Å². The lowest BCUT2D eigenvalue weighted by molar-refractivity contribution is -0.386. The zero-order valence-corrected chi connectivity index (χ0v) is 17.8. The van der Waals surface area contributed by atoms with Gasteiger partial charge < -0.3 is 10.1 Å². The molecule has 0 fully saturated rings. The molecule has 3 aromatic carbocycles. The summed E-state index contributed by atoms with van der Waals surface area (Å²) >= 11 is 1.22. The molecule has 164 valence electrons. The Morgan fingerprint density at radius 2 is 1.79 bits per heavy atom. The third-order valence-electron chi connectivity index (χ3n) is 5.06. The van der Waals surface area contributed by atoms with Gasteiger partial charge in [-0.1, -0.05) is 60.3 Å². The molecule has 0 spiro atoms. The molecule has 5 rings (SSSR count). The van der Waals surface area contributed by atoms with Crippen molar-refractivity contribution in [2.45, 2.75) is 17.1 Å². The van der Waals surface area contributed by atoms with E-state index in [1.54, 1.807) is 36.4 Å². The van der Waals surface area contributed by atoms with Crippen LogP contribution in [-0.2, 0) is 5.75 Å². The minimum absolute atomic E-state index is 0.0768. The Balaban J connectivity index is 1.53. The highest BCUT2D eigenvalue weighted by Gasteiger charge is 2.30. The van der Waals surface area contributed by atoms with Crippen LogP contribution in [0.15, 0.2) is 78.0 Å². The number of para-hydroxylation sites is 2. The van der Waals surface area contributed by atoms with E-state index in [4.69, 9.17) is 4.74 Å². The number of ether oxygens (including phenoxy) is 1. The van der Waals surface area contributed by atoms with Crippen molar-refractivity contribution in [3.05, 3.63) is 99.9 Å². The van der Waals surface area contributed by atoms with Gasteiger partial charge in [0, 0.05) is 23.1 Å². The summed E-state index contributed by atoms with van der Waals surface area (Å²) in [6.45, 7) is 0. The quantitative estimate of drug-likeness (QED) is 0.240. The summed E-state index contributed by atoms with van der Waals surface area (Å²) in [5, 5.41) is 23.6. The van der Waals surface area contributed by atoms with Crippen molar-refractivity contribution in [1.29, 1.82) is 0 Å². The van der Waals surface area contributed by atoms with E-state index in [-0.39, 0.29) is 17.4 Å². The van der Waals surface area contributed by atoms with Crippen molar-refractivity contribution < 1.29 is 14.1 Å². The molecule has 1 aliphatic rings. The Morgan fingerprint density at radius 3 is 2.64 bits per heavy atom. The molecule has 4 aromatic rings. The highest BCUT2D eigenvalue weighted by Crippen LogP contribution is 2.41. The highest BCUT2D eigenvalue weighted by molar-refractivity contribution is 7.98. The Hall–Kier alpha value is -4.05. The summed E-state index contributed by atoms with van der Waals surface area (Å²) in [4.78, 5) is 15.6. The topological polar surface area (TPSA) is 103 Å². The maximum absolute atomic E-state index is 14.0. The second-order valence-electron chi connectivity index (χ2n) is 7.13. The molecule has 0 bridgehead atoms. The van der Waals surface area contributed by atoms with E-state index in [0.29, 0.717) is 39.0 Å². The van der Waals surface area contributed by atoms with E-state index in [2.05, 4.69) is 20.5 Å². The fourth-order valence-electron chi connectivity index (χ4n) is 3.48. The third kappa shape index (κ3) is 4.20. The molecule has 33 heavy (non-hydrogen) atoms. The third-order valence-corrected chi connectivity index (χ3v) is 5.95. The average Bonchev–Trinajstić information content (AvgIpc) is 3.00. The molecule has 0 saturated heterocycles. The Labute approximate surface area is 192 Å². The van der Waals surface area contributed by atoms with Crippen LogP contribution in [0.25, 0.3) is 11.3 Å². The number of fused-ring (bicyclic) bond motifs is 3. The van der Waals surface area contributed by atoms with Crippen LogP contribution in [0.5, 0.6) is 5.88 Å². The normalized spacial score (nSPS) is 14.3. The molecule has 0 unspecified atom stereocenters. The SMILES string of the molecule is O=[N+]([O-])c1ccccc1[C@H]1Nc2ccccc2-c2nnc(SCc3ccccc3F)nc2O1. The molecular formula is C23H16FN5O3S. The number of hydrogen-bond acceptors (Lipinski definition) is 8. The van der Waals surface area contributed by atoms with Crippen LogP contribution in [0.1, 0.15) is 17.4 Å². The van der Waals surface area contributed by atoms with Gasteiger partial charge in [-0.15, -0.1) is 10.2 Å². The summed E-state index contributed by atoms with van der Waals surface area (Å²) in [6, 6.07) is 20.2. The molecule has 0 saturated carbocycles. The van der Waals surface area contributed by atoms with Crippen molar-refractivity contribution in [2.75, 3.05) is 5.32 Å². The van der Waals surface area contributed by atoms with Gasteiger partial charge in [0.2, 0.25) is 17.3 Å². The van der Waals surface area contributed by atoms with Crippen LogP contribution < -0.4 is 10.1 Å². The Morgan fingerprint density at radius 1 is 1.03 bits per heavy atom. The number of nitrogens with zero attached hydrogens (tertiary/aromatic N) is 4. The van der Waals surface area contributed by atoms with Gasteiger partial charge in [-0.05, 0) is 23.8 Å². The van der Waals surface area contributed by atoms with Crippen molar-refractivity contribution >= 4 is 23.1 Å². The molecule has 2 heterocycles. The molecule has 0 radical (unpaired) electrons. The van der Waals surface area contributed by atoms with Crippen LogP contribution in [0.2, 0.25) is 0 Å². The number of nitro benzene ring substituents is 1. The van der Waals surface area contributed by atoms with Gasteiger partial charge in [0.15, 0.2) is 5.69 Å². The van der Waals surface area contributed by atoms with Crippen LogP contribution in [-0.4, -0.2) is 20.1 Å². The number of anilines is 1. The van der Waals surface area contributed by atoms with Gasteiger partial charge in [-0.3, -0.25) is 10.1 Å². The van der Waals surface area contributed by atoms with E-state index < -0.39 is 11.2 Å². The molecule has 1 atom stereocenters. The first kappa shape index (κ1) is 20.8. The van der Waals surface area contributed by atoms with E-state index >= 15 is 0 Å². The minimum Gasteiger partial charge on any atom is -0.447 e. The molecule has 1 N–H and O–H groups in total. The lowest BCUT2D eigenvalue weighted by Gasteiger charge is -2.19. The number of hydrogen-bond donors (Lipinski definition) is 1. The number of nitro groups is 1. The highest BCUT2D eigenvalue weighted by atomic mass is 32.2. The van der Waals surface area contributed by atoms with Gasteiger partial charge in [-0.2, -0.15) is 4.98 Å². The first-order valence-electron chi connectivity index (χ1n) is 9.97. The molecule has 1 aromatic heterocycles. The standard InChI is InChI=1S/C23H16FN5O3S/c24-17-10-4-1-7-14(17)13-33-23-26-22-20(27-28-23)15-8-2-5-11-18(15)25-21(32-22)16-9-3-6-12-19(16)29(30)31/h1-12,21,25H,13H2/t21-/m0/s1. The first-order valence-corrected chi connectivity index (χ1v) is 11.0. The van der Waals surface area contributed by atoms with Gasteiger partial charge in [0.1, 0.15) is 5.82 Å². The van der Waals surface area contributed by atoms with Crippen LogP contribution >= 0.6 is 11.8 Å². The maximum atomic E-state index is 14.0. The van der Waals surface area contributed by atoms with Gasteiger partial charge in [-0.25, -0.2) is 4.39 Å².